The minimum absolute atomic E-state index is 0.112. The third-order valence-corrected chi connectivity index (χ3v) is 8.15. The summed E-state index contributed by atoms with van der Waals surface area (Å²) in [6.07, 6.45) is 5.59. The first-order valence-corrected chi connectivity index (χ1v) is 13.0. The maximum atomic E-state index is 12.7. The minimum atomic E-state index is -3.70. The molecular formula is C25H30N2O6S. The van der Waals surface area contributed by atoms with Gasteiger partial charge in [-0.05, 0) is 50.5 Å². The van der Waals surface area contributed by atoms with Crippen molar-refractivity contribution in [3.8, 4) is 11.5 Å². The van der Waals surface area contributed by atoms with E-state index in [-0.39, 0.29) is 29.6 Å². The van der Waals surface area contributed by atoms with Crippen molar-refractivity contribution in [3.63, 3.8) is 0 Å². The molecule has 1 heterocycles. The zero-order chi connectivity index (χ0) is 24.3. The van der Waals surface area contributed by atoms with E-state index in [1.54, 1.807) is 12.1 Å². The first kappa shape index (κ1) is 24.2. The SMILES string of the molecule is CC(=O)c1ccc(S(=O)(=O)N(C)CCCC(=O)Nc2ccc3c(c2)OC2(CCCCC2)O3)cc1. The monoisotopic (exact) mass is 486 g/mol. The molecule has 0 unspecified atom stereocenters. The average molecular weight is 487 g/mol. The summed E-state index contributed by atoms with van der Waals surface area (Å²) in [7, 11) is -2.22. The number of carbonyl (C=O) groups excluding carboxylic acids is 2. The van der Waals surface area contributed by atoms with Gasteiger partial charge in [-0.2, -0.15) is 0 Å². The van der Waals surface area contributed by atoms with Gasteiger partial charge in [0.25, 0.3) is 5.79 Å². The zero-order valence-electron chi connectivity index (χ0n) is 19.5. The number of nitrogens with one attached hydrogen (secondary N) is 1. The van der Waals surface area contributed by atoms with Gasteiger partial charge in [0, 0.05) is 50.2 Å². The summed E-state index contributed by atoms with van der Waals surface area (Å²) in [4.78, 5) is 23.9. The van der Waals surface area contributed by atoms with Crippen LogP contribution in [0.5, 0.6) is 11.5 Å². The summed E-state index contributed by atoms with van der Waals surface area (Å²) < 4.78 is 38.8. The lowest BCUT2D eigenvalue weighted by Gasteiger charge is -2.31. The molecule has 2 aromatic rings. The van der Waals surface area contributed by atoms with Crippen LogP contribution in [-0.4, -0.2) is 43.8 Å². The van der Waals surface area contributed by atoms with Crippen LogP contribution in [0.4, 0.5) is 5.69 Å². The molecule has 0 radical (unpaired) electrons. The normalized spacial score (nSPS) is 16.6. The maximum Gasteiger partial charge on any atom is 0.251 e. The topological polar surface area (TPSA) is 102 Å². The van der Waals surface area contributed by atoms with Crippen molar-refractivity contribution >= 4 is 27.4 Å². The largest absolute Gasteiger partial charge is 0.448 e. The van der Waals surface area contributed by atoms with Crippen molar-refractivity contribution in [1.29, 1.82) is 0 Å². The number of carbonyl (C=O) groups is 2. The Morgan fingerprint density at radius 3 is 2.35 bits per heavy atom. The van der Waals surface area contributed by atoms with E-state index in [0.29, 0.717) is 29.2 Å². The third-order valence-electron chi connectivity index (χ3n) is 6.28. The predicted octanol–water partition coefficient (Wildman–Crippen LogP) is 4.36. The highest BCUT2D eigenvalue weighted by Crippen LogP contribution is 2.46. The summed E-state index contributed by atoms with van der Waals surface area (Å²) in [5.41, 5.74) is 1.07. The number of fused-ring (bicyclic) bond motifs is 1. The van der Waals surface area contributed by atoms with Gasteiger partial charge in [0.05, 0.1) is 4.90 Å². The van der Waals surface area contributed by atoms with Crippen LogP contribution in [0, 0.1) is 0 Å². The van der Waals surface area contributed by atoms with Gasteiger partial charge in [0.2, 0.25) is 15.9 Å². The lowest BCUT2D eigenvalue weighted by Crippen LogP contribution is -2.40. The Bertz CT molecular complexity index is 1170. The van der Waals surface area contributed by atoms with E-state index in [1.807, 2.05) is 6.07 Å². The van der Waals surface area contributed by atoms with E-state index in [4.69, 9.17) is 9.47 Å². The summed E-state index contributed by atoms with van der Waals surface area (Å²) >= 11 is 0. The molecule has 2 aromatic carbocycles. The number of nitrogens with zero attached hydrogens (tertiary/aromatic N) is 1. The van der Waals surface area contributed by atoms with Crippen LogP contribution in [0.25, 0.3) is 0 Å². The van der Waals surface area contributed by atoms with Crippen molar-refractivity contribution in [2.75, 3.05) is 18.9 Å². The molecule has 1 fully saturated rings. The Hall–Kier alpha value is -2.91. The van der Waals surface area contributed by atoms with E-state index >= 15 is 0 Å². The van der Waals surface area contributed by atoms with Crippen molar-refractivity contribution in [1.82, 2.24) is 4.31 Å². The van der Waals surface area contributed by atoms with Crippen LogP contribution in [0.3, 0.4) is 0 Å². The Labute approximate surface area is 200 Å². The summed E-state index contributed by atoms with van der Waals surface area (Å²) in [5.74, 6) is 0.442. The fraction of sp³-hybridized carbons (Fsp3) is 0.440. The highest BCUT2D eigenvalue weighted by atomic mass is 32.2. The molecule has 0 bridgehead atoms. The Kier molecular flexibility index (Phi) is 6.95. The fourth-order valence-corrected chi connectivity index (χ4v) is 5.52. The smallest absolute Gasteiger partial charge is 0.251 e. The molecule has 9 heteroatoms. The van der Waals surface area contributed by atoms with Gasteiger partial charge in [-0.25, -0.2) is 12.7 Å². The lowest BCUT2D eigenvalue weighted by atomic mass is 9.94. The molecule has 1 N–H and O–H groups in total. The molecule has 2 aliphatic rings. The molecule has 1 spiro atoms. The molecular weight excluding hydrogens is 456 g/mol. The molecule has 8 nitrogen and oxygen atoms in total. The second-order valence-electron chi connectivity index (χ2n) is 8.90. The minimum Gasteiger partial charge on any atom is -0.448 e. The number of benzene rings is 2. The number of Topliss-reactive ketones (excluding diaryl/α,β-unsaturated/α-hetero) is 1. The predicted molar refractivity (Wildman–Crippen MR) is 128 cm³/mol. The number of hydrogen-bond acceptors (Lipinski definition) is 6. The van der Waals surface area contributed by atoms with Gasteiger partial charge >= 0.3 is 0 Å². The highest BCUT2D eigenvalue weighted by molar-refractivity contribution is 7.89. The summed E-state index contributed by atoms with van der Waals surface area (Å²) in [5, 5.41) is 2.85. The quantitative estimate of drug-likeness (QED) is 0.556. The van der Waals surface area contributed by atoms with Crippen molar-refractivity contribution in [2.45, 2.75) is 62.6 Å². The molecule has 0 aromatic heterocycles. The fourth-order valence-electron chi connectivity index (χ4n) is 4.31. The van der Waals surface area contributed by atoms with E-state index in [2.05, 4.69) is 5.32 Å². The highest BCUT2D eigenvalue weighted by Gasteiger charge is 2.42. The van der Waals surface area contributed by atoms with E-state index in [0.717, 1.165) is 25.7 Å². The van der Waals surface area contributed by atoms with Gasteiger partial charge in [-0.1, -0.05) is 18.6 Å². The average Bonchev–Trinajstić information content (AvgIpc) is 3.15. The lowest BCUT2D eigenvalue weighted by molar-refractivity contribution is -0.116. The number of ether oxygens (including phenoxy) is 2. The molecule has 0 atom stereocenters. The number of hydrogen-bond donors (Lipinski definition) is 1. The van der Waals surface area contributed by atoms with Crippen molar-refractivity contribution in [2.24, 2.45) is 0 Å². The number of anilines is 1. The molecule has 1 aliphatic carbocycles. The summed E-state index contributed by atoms with van der Waals surface area (Å²) in [6.45, 7) is 1.62. The van der Waals surface area contributed by atoms with Gasteiger partial charge in [-0.15, -0.1) is 0 Å². The van der Waals surface area contributed by atoms with Gasteiger partial charge in [-0.3, -0.25) is 9.59 Å². The van der Waals surface area contributed by atoms with Crippen LogP contribution in [0.1, 0.15) is 62.2 Å². The molecule has 182 valence electrons. The van der Waals surface area contributed by atoms with Gasteiger partial charge in [0.1, 0.15) is 0 Å². The van der Waals surface area contributed by atoms with Gasteiger partial charge < -0.3 is 14.8 Å². The van der Waals surface area contributed by atoms with E-state index < -0.39 is 15.8 Å². The maximum absolute atomic E-state index is 12.7. The number of rotatable bonds is 8. The Morgan fingerprint density at radius 2 is 1.68 bits per heavy atom. The van der Waals surface area contributed by atoms with Crippen molar-refractivity contribution in [3.05, 3.63) is 48.0 Å². The molecule has 4 rings (SSSR count). The number of ketones is 1. The van der Waals surface area contributed by atoms with Gasteiger partial charge in [0.15, 0.2) is 17.3 Å². The number of amides is 1. The first-order valence-electron chi connectivity index (χ1n) is 11.6. The second-order valence-corrected chi connectivity index (χ2v) is 10.9. The molecule has 34 heavy (non-hydrogen) atoms. The van der Waals surface area contributed by atoms with Crippen molar-refractivity contribution < 1.29 is 27.5 Å². The summed E-state index contributed by atoms with van der Waals surface area (Å²) in [6, 6.07) is 11.2. The van der Waals surface area contributed by atoms with Crippen LogP contribution in [0.15, 0.2) is 47.4 Å². The van der Waals surface area contributed by atoms with E-state index in [9.17, 15) is 18.0 Å². The molecule has 1 saturated carbocycles. The number of sulfonamides is 1. The van der Waals surface area contributed by atoms with E-state index in [1.165, 1.54) is 49.0 Å². The van der Waals surface area contributed by atoms with Crippen LogP contribution >= 0.6 is 0 Å². The third kappa shape index (κ3) is 5.26. The first-order chi connectivity index (χ1) is 16.2. The Morgan fingerprint density at radius 1 is 1.00 bits per heavy atom. The second kappa shape index (κ2) is 9.76. The Balaban J connectivity index is 1.28. The van der Waals surface area contributed by atoms with Crippen LogP contribution < -0.4 is 14.8 Å². The molecule has 0 saturated heterocycles. The zero-order valence-corrected chi connectivity index (χ0v) is 20.3. The van der Waals surface area contributed by atoms with Crippen LogP contribution in [-0.2, 0) is 14.8 Å². The molecule has 1 aliphatic heterocycles. The molecule has 1 amide bonds. The standard InChI is InChI=1S/C25H30N2O6S/c1-18(28)19-8-11-21(12-9-19)34(30,31)27(2)16-6-7-24(29)26-20-10-13-22-23(17-20)33-25(32-22)14-4-3-5-15-25/h8-13,17H,3-7,14-16H2,1-2H3,(H,26,29). The van der Waals surface area contributed by atoms with Crippen LogP contribution in [0.2, 0.25) is 0 Å².